The summed E-state index contributed by atoms with van der Waals surface area (Å²) in [6.07, 6.45) is 0. The summed E-state index contributed by atoms with van der Waals surface area (Å²) in [6, 6.07) is 0. The molecule has 0 fully saturated rings. The Kier molecular flexibility index (Phi) is 14.6. The highest BCUT2D eigenvalue weighted by atomic mass is 35.5. The lowest BCUT2D eigenvalue weighted by molar-refractivity contribution is -0.116. The van der Waals surface area contributed by atoms with E-state index in [0.29, 0.717) is 52.9 Å². The van der Waals surface area contributed by atoms with Gasteiger partial charge in [0.2, 0.25) is 5.24 Å². The topological polar surface area (TPSA) is 63.2 Å². The Morgan fingerprint density at radius 1 is 0.778 bits per heavy atom. The third-order valence-electron chi connectivity index (χ3n) is 1.76. The van der Waals surface area contributed by atoms with E-state index in [1.807, 2.05) is 0 Å². The van der Waals surface area contributed by atoms with Crippen LogP contribution >= 0.6 is 11.6 Å². The van der Waals surface area contributed by atoms with Crippen LogP contribution in [0.25, 0.3) is 0 Å². The van der Waals surface area contributed by atoms with Gasteiger partial charge in [0.25, 0.3) is 0 Å². The Morgan fingerprint density at radius 3 is 1.56 bits per heavy atom. The van der Waals surface area contributed by atoms with Gasteiger partial charge in [-0.1, -0.05) is 0 Å². The largest absolute Gasteiger partial charge is 0.382 e. The molecule has 0 aromatic heterocycles. The average molecular weight is 285 g/mol. The second kappa shape index (κ2) is 14.8. The molecule has 18 heavy (non-hydrogen) atoms. The molecule has 0 unspecified atom stereocenters. The predicted octanol–water partition coefficient (Wildman–Crippen LogP) is 0.465. The summed E-state index contributed by atoms with van der Waals surface area (Å²) < 4.78 is 25.4. The minimum atomic E-state index is -0.508. The van der Waals surface area contributed by atoms with E-state index in [2.05, 4.69) is 0 Å². The quantitative estimate of drug-likeness (QED) is 0.341. The van der Waals surface area contributed by atoms with Crippen LogP contribution < -0.4 is 0 Å². The summed E-state index contributed by atoms with van der Waals surface area (Å²) >= 11 is 5.08. The van der Waals surface area contributed by atoms with E-state index in [1.165, 1.54) is 0 Å². The molecule has 0 spiro atoms. The molecule has 0 heterocycles. The molecule has 7 heteroatoms. The minimum Gasteiger partial charge on any atom is -0.382 e. The van der Waals surface area contributed by atoms with Crippen molar-refractivity contribution in [1.29, 1.82) is 0 Å². The first-order valence-electron chi connectivity index (χ1n) is 5.75. The van der Waals surface area contributed by atoms with Gasteiger partial charge in [-0.2, -0.15) is 0 Å². The fourth-order valence-electron chi connectivity index (χ4n) is 0.954. The molecule has 108 valence electrons. The maximum absolute atomic E-state index is 10.3. The van der Waals surface area contributed by atoms with Crippen LogP contribution in [-0.2, 0) is 28.5 Å². The normalized spacial score (nSPS) is 10.8. The number of carbonyl (C=O) groups excluding carboxylic acids is 1. The van der Waals surface area contributed by atoms with E-state index in [0.717, 1.165) is 0 Å². The second-order valence-electron chi connectivity index (χ2n) is 3.24. The summed E-state index contributed by atoms with van der Waals surface area (Å²) in [5.74, 6) is 0. The highest BCUT2D eigenvalue weighted by Gasteiger charge is 1.95. The zero-order valence-electron chi connectivity index (χ0n) is 10.7. The minimum absolute atomic E-state index is 0.0831. The molecule has 0 bridgehead atoms. The Morgan fingerprint density at radius 2 is 1.17 bits per heavy atom. The molecule has 0 radical (unpaired) electrons. The zero-order chi connectivity index (χ0) is 13.5. The summed E-state index contributed by atoms with van der Waals surface area (Å²) in [6.45, 7) is 3.91. The van der Waals surface area contributed by atoms with Gasteiger partial charge in [-0.3, -0.25) is 4.79 Å². The number of hydrogen-bond acceptors (Lipinski definition) is 6. The zero-order valence-corrected chi connectivity index (χ0v) is 11.4. The van der Waals surface area contributed by atoms with Crippen molar-refractivity contribution in [2.45, 2.75) is 0 Å². The first-order chi connectivity index (χ1) is 8.77. The number of ether oxygens (including phenoxy) is 5. The number of halogens is 1. The van der Waals surface area contributed by atoms with Crippen LogP contribution in [0.15, 0.2) is 0 Å². The van der Waals surface area contributed by atoms with Gasteiger partial charge in [0.05, 0.1) is 52.9 Å². The molecular weight excluding hydrogens is 264 g/mol. The van der Waals surface area contributed by atoms with Crippen molar-refractivity contribution in [3.63, 3.8) is 0 Å². The summed E-state index contributed by atoms with van der Waals surface area (Å²) in [4.78, 5) is 10.3. The first-order valence-corrected chi connectivity index (χ1v) is 6.13. The lowest BCUT2D eigenvalue weighted by Crippen LogP contribution is -2.13. The van der Waals surface area contributed by atoms with E-state index in [1.54, 1.807) is 7.11 Å². The molecule has 0 aliphatic heterocycles. The van der Waals surface area contributed by atoms with Crippen LogP contribution in [0, 0.1) is 0 Å². The van der Waals surface area contributed by atoms with Crippen molar-refractivity contribution < 1.29 is 28.5 Å². The Balaban J connectivity index is 2.92. The lowest BCUT2D eigenvalue weighted by atomic mass is 10.7. The molecule has 0 aromatic rings. The van der Waals surface area contributed by atoms with E-state index >= 15 is 0 Å². The fraction of sp³-hybridized carbons (Fsp3) is 0.909. The van der Waals surface area contributed by atoms with Crippen molar-refractivity contribution in [2.75, 3.05) is 66.6 Å². The van der Waals surface area contributed by atoms with Gasteiger partial charge in [-0.15, -0.1) is 0 Å². The molecule has 0 aliphatic carbocycles. The van der Waals surface area contributed by atoms with Crippen molar-refractivity contribution in [3.05, 3.63) is 0 Å². The van der Waals surface area contributed by atoms with Crippen LogP contribution in [0.2, 0.25) is 0 Å². The van der Waals surface area contributed by atoms with Gasteiger partial charge in [0.1, 0.15) is 6.61 Å². The maximum Gasteiger partial charge on any atom is 0.247 e. The van der Waals surface area contributed by atoms with Crippen molar-refractivity contribution in [2.24, 2.45) is 0 Å². The molecule has 0 atom stereocenters. The monoisotopic (exact) mass is 284 g/mol. The highest BCUT2D eigenvalue weighted by molar-refractivity contribution is 6.63. The van der Waals surface area contributed by atoms with E-state index in [4.69, 9.17) is 35.3 Å². The number of rotatable bonds is 14. The highest BCUT2D eigenvalue weighted by Crippen LogP contribution is 1.85. The van der Waals surface area contributed by atoms with Gasteiger partial charge in [-0.25, -0.2) is 0 Å². The van der Waals surface area contributed by atoms with Crippen molar-refractivity contribution in [3.8, 4) is 0 Å². The average Bonchev–Trinajstić information content (AvgIpc) is 2.34. The standard InChI is InChI=1S/C11H21ClO6/c1-14-2-3-15-4-5-16-6-7-17-8-9-18-10-11(12)13/h2-10H2,1H3. The van der Waals surface area contributed by atoms with Crippen LogP contribution in [-0.4, -0.2) is 71.8 Å². The molecule has 0 saturated heterocycles. The van der Waals surface area contributed by atoms with Gasteiger partial charge in [0.15, 0.2) is 0 Å². The van der Waals surface area contributed by atoms with Crippen LogP contribution in [0.4, 0.5) is 0 Å². The third-order valence-corrected chi connectivity index (χ3v) is 1.87. The van der Waals surface area contributed by atoms with Crippen LogP contribution in [0.5, 0.6) is 0 Å². The molecule has 0 saturated carbocycles. The molecule has 0 N–H and O–H groups in total. The Labute approximate surface area is 112 Å². The molecule has 0 amide bonds. The lowest BCUT2D eigenvalue weighted by Gasteiger charge is -2.06. The SMILES string of the molecule is COCCOCCOCCOCCOCC(=O)Cl. The van der Waals surface area contributed by atoms with Gasteiger partial charge in [-0.05, 0) is 11.6 Å². The molecule has 0 rings (SSSR count). The number of hydrogen-bond donors (Lipinski definition) is 0. The molecule has 0 aliphatic rings. The van der Waals surface area contributed by atoms with Crippen molar-refractivity contribution in [1.82, 2.24) is 0 Å². The first kappa shape index (κ1) is 17.8. The van der Waals surface area contributed by atoms with E-state index in [9.17, 15) is 4.79 Å². The maximum atomic E-state index is 10.3. The third kappa shape index (κ3) is 15.8. The Bertz CT molecular complexity index is 190. The second-order valence-corrected chi connectivity index (χ2v) is 3.66. The number of carbonyl (C=O) groups is 1. The Hall–Kier alpha value is -0.240. The van der Waals surface area contributed by atoms with E-state index in [-0.39, 0.29) is 6.61 Å². The summed E-state index contributed by atoms with van der Waals surface area (Å²) in [7, 11) is 1.63. The summed E-state index contributed by atoms with van der Waals surface area (Å²) in [5.41, 5.74) is 0. The van der Waals surface area contributed by atoms with Crippen molar-refractivity contribution >= 4 is 16.8 Å². The van der Waals surface area contributed by atoms with Gasteiger partial charge in [0, 0.05) is 7.11 Å². The fourth-order valence-corrected chi connectivity index (χ4v) is 1.03. The van der Waals surface area contributed by atoms with E-state index < -0.39 is 5.24 Å². The smallest absolute Gasteiger partial charge is 0.247 e. The molecule has 6 nitrogen and oxygen atoms in total. The molecular formula is C11H21ClO6. The van der Waals surface area contributed by atoms with Crippen LogP contribution in [0.1, 0.15) is 0 Å². The van der Waals surface area contributed by atoms with Crippen LogP contribution in [0.3, 0.4) is 0 Å². The predicted molar refractivity (Wildman–Crippen MR) is 66.0 cm³/mol. The van der Waals surface area contributed by atoms with Gasteiger partial charge < -0.3 is 23.7 Å². The van der Waals surface area contributed by atoms with Gasteiger partial charge >= 0.3 is 0 Å². The number of methoxy groups -OCH3 is 1. The summed E-state index contributed by atoms with van der Waals surface area (Å²) in [5, 5.41) is -0.508. The molecule has 0 aromatic carbocycles.